The molecule has 0 saturated carbocycles. The Labute approximate surface area is 106 Å². The normalized spacial score (nSPS) is 13.2. The summed E-state index contributed by atoms with van der Waals surface area (Å²) in [5, 5.41) is 8.04. The number of hydrogen-bond acceptors (Lipinski definition) is 2. The van der Waals surface area contributed by atoms with E-state index in [9.17, 15) is 0 Å². The van der Waals surface area contributed by atoms with E-state index in [0.29, 0.717) is 12.0 Å². The zero-order valence-electron chi connectivity index (χ0n) is 11.7. The first kappa shape index (κ1) is 14.2. The molecule has 0 fully saturated rings. The maximum Gasteiger partial charge on any atom is 0.0627 e. The molecule has 0 aliphatic carbocycles. The van der Waals surface area contributed by atoms with Gasteiger partial charge in [-0.1, -0.05) is 13.8 Å². The first-order valence-electron chi connectivity index (χ1n) is 6.88. The average molecular weight is 237 g/mol. The third kappa shape index (κ3) is 5.35. The van der Waals surface area contributed by atoms with Crippen molar-refractivity contribution in [1.82, 2.24) is 15.1 Å². The number of rotatable bonds is 8. The fraction of sp³-hybridized carbons (Fsp3) is 0.786. The molecule has 0 aliphatic heterocycles. The van der Waals surface area contributed by atoms with Gasteiger partial charge in [-0.25, -0.2) is 0 Å². The molecule has 17 heavy (non-hydrogen) atoms. The SMILES string of the molecule is CCCNCCC(C)Cc1ccn(C(C)C)n1. The van der Waals surface area contributed by atoms with E-state index in [2.05, 4.69) is 50.4 Å². The highest BCUT2D eigenvalue weighted by Crippen LogP contribution is 2.11. The molecule has 0 bridgehead atoms. The van der Waals surface area contributed by atoms with Crippen LogP contribution in [-0.2, 0) is 6.42 Å². The molecule has 1 N–H and O–H groups in total. The highest BCUT2D eigenvalue weighted by Gasteiger charge is 2.07. The van der Waals surface area contributed by atoms with Gasteiger partial charge in [-0.15, -0.1) is 0 Å². The molecule has 3 heteroatoms. The Morgan fingerprint density at radius 1 is 1.29 bits per heavy atom. The van der Waals surface area contributed by atoms with Crippen LogP contribution in [0.25, 0.3) is 0 Å². The molecule has 1 rings (SSSR count). The monoisotopic (exact) mass is 237 g/mol. The Morgan fingerprint density at radius 2 is 2.06 bits per heavy atom. The minimum Gasteiger partial charge on any atom is -0.317 e. The Morgan fingerprint density at radius 3 is 2.65 bits per heavy atom. The molecule has 98 valence electrons. The molecule has 0 saturated heterocycles. The number of hydrogen-bond donors (Lipinski definition) is 1. The second kappa shape index (κ2) is 7.49. The van der Waals surface area contributed by atoms with Crippen LogP contribution in [0.1, 0.15) is 52.3 Å². The Bertz CT molecular complexity index is 304. The largest absolute Gasteiger partial charge is 0.317 e. The molecule has 1 unspecified atom stereocenters. The van der Waals surface area contributed by atoms with Gasteiger partial charge in [0.2, 0.25) is 0 Å². The van der Waals surface area contributed by atoms with E-state index in [4.69, 9.17) is 0 Å². The molecule has 0 spiro atoms. The Kier molecular flexibility index (Phi) is 6.27. The van der Waals surface area contributed by atoms with Crippen LogP contribution in [-0.4, -0.2) is 22.9 Å². The van der Waals surface area contributed by atoms with Crippen LogP contribution >= 0.6 is 0 Å². The molecule has 1 aromatic heterocycles. The van der Waals surface area contributed by atoms with Crippen LogP contribution < -0.4 is 5.32 Å². The third-order valence-corrected chi connectivity index (χ3v) is 2.99. The van der Waals surface area contributed by atoms with Gasteiger partial charge in [0.25, 0.3) is 0 Å². The van der Waals surface area contributed by atoms with E-state index in [1.54, 1.807) is 0 Å². The topological polar surface area (TPSA) is 29.9 Å². The van der Waals surface area contributed by atoms with Crippen molar-refractivity contribution in [1.29, 1.82) is 0 Å². The summed E-state index contributed by atoms with van der Waals surface area (Å²) < 4.78 is 2.04. The van der Waals surface area contributed by atoms with Gasteiger partial charge in [-0.2, -0.15) is 5.10 Å². The molecular formula is C14H27N3. The maximum absolute atomic E-state index is 4.59. The molecule has 3 nitrogen and oxygen atoms in total. The van der Waals surface area contributed by atoms with Crippen molar-refractivity contribution in [3.05, 3.63) is 18.0 Å². The van der Waals surface area contributed by atoms with Gasteiger partial charge in [0.1, 0.15) is 0 Å². The van der Waals surface area contributed by atoms with E-state index in [-0.39, 0.29) is 0 Å². The lowest BCUT2D eigenvalue weighted by atomic mass is 10.0. The van der Waals surface area contributed by atoms with E-state index in [1.807, 2.05) is 4.68 Å². The summed E-state index contributed by atoms with van der Waals surface area (Å²) in [6.45, 7) is 11.1. The summed E-state index contributed by atoms with van der Waals surface area (Å²) in [5.74, 6) is 0.704. The lowest BCUT2D eigenvalue weighted by Gasteiger charge is -2.10. The number of nitrogens with zero attached hydrogens (tertiary/aromatic N) is 2. The van der Waals surface area contributed by atoms with E-state index >= 15 is 0 Å². The molecule has 0 aliphatic rings. The van der Waals surface area contributed by atoms with Gasteiger partial charge in [0.05, 0.1) is 5.69 Å². The minimum atomic E-state index is 0.463. The van der Waals surface area contributed by atoms with Crippen molar-refractivity contribution < 1.29 is 0 Å². The van der Waals surface area contributed by atoms with Crippen molar-refractivity contribution in [2.24, 2.45) is 5.92 Å². The standard InChI is InChI=1S/C14H27N3/c1-5-8-15-9-6-13(4)11-14-7-10-17(16-14)12(2)3/h7,10,12-13,15H,5-6,8-9,11H2,1-4H3. The highest BCUT2D eigenvalue weighted by molar-refractivity contribution is 5.00. The molecular weight excluding hydrogens is 210 g/mol. The predicted molar refractivity (Wildman–Crippen MR) is 73.3 cm³/mol. The van der Waals surface area contributed by atoms with Crippen LogP contribution in [0.5, 0.6) is 0 Å². The van der Waals surface area contributed by atoms with Crippen LogP contribution in [0.2, 0.25) is 0 Å². The number of nitrogens with one attached hydrogen (secondary N) is 1. The average Bonchev–Trinajstić information content (AvgIpc) is 2.73. The lowest BCUT2D eigenvalue weighted by molar-refractivity contribution is 0.480. The van der Waals surface area contributed by atoms with Gasteiger partial charge in [-0.05, 0) is 58.2 Å². The van der Waals surface area contributed by atoms with Gasteiger partial charge >= 0.3 is 0 Å². The Hall–Kier alpha value is -0.830. The first-order chi connectivity index (χ1) is 8.13. The zero-order valence-corrected chi connectivity index (χ0v) is 11.7. The zero-order chi connectivity index (χ0) is 12.7. The van der Waals surface area contributed by atoms with Crippen molar-refractivity contribution >= 4 is 0 Å². The summed E-state index contributed by atoms with van der Waals surface area (Å²) >= 11 is 0. The number of aromatic nitrogens is 2. The second-order valence-electron chi connectivity index (χ2n) is 5.23. The van der Waals surface area contributed by atoms with Gasteiger partial charge in [0, 0.05) is 12.2 Å². The smallest absolute Gasteiger partial charge is 0.0627 e. The fourth-order valence-corrected chi connectivity index (χ4v) is 1.88. The van der Waals surface area contributed by atoms with Crippen molar-refractivity contribution in [3.8, 4) is 0 Å². The van der Waals surface area contributed by atoms with Gasteiger partial charge in [0.15, 0.2) is 0 Å². The molecule has 0 amide bonds. The van der Waals surface area contributed by atoms with E-state index in [0.717, 1.165) is 19.5 Å². The molecule has 0 aromatic carbocycles. The molecule has 1 atom stereocenters. The molecule has 1 heterocycles. The maximum atomic E-state index is 4.59. The fourth-order valence-electron chi connectivity index (χ4n) is 1.88. The first-order valence-corrected chi connectivity index (χ1v) is 6.88. The second-order valence-corrected chi connectivity index (χ2v) is 5.23. The van der Waals surface area contributed by atoms with Crippen LogP contribution in [0.15, 0.2) is 12.3 Å². The Balaban J connectivity index is 2.27. The van der Waals surface area contributed by atoms with Crippen molar-refractivity contribution in [3.63, 3.8) is 0 Å². The van der Waals surface area contributed by atoms with Crippen LogP contribution in [0.3, 0.4) is 0 Å². The van der Waals surface area contributed by atoms with Crippen LogP contribution in [0, 0.1) is 5.92 Å². The lowest BCUT2D eigenvalue weighted by Crippen LogP contribution is -2.18. The summed E-state index contributed by atoms with van der Waals surface area (Å²) in [7, 11) is 0. The molecule has 1 aromatic rings. The van der Waals surface area contributed by atoms with Crippen molar-refractivity contribution in [2.45, 2.75) is 53.0 Å². The predicted octanol–water partition coefficient (Wildman–Crippen LogP) is 3.03. The van der Waals surface area contributed by atoms with Gasteiger partial charge in [-0.3, -0.25) is 4.68 Å². The minimum absolute atomic E-state index is 0.463. The van der Waals surface area contributed by atoms with E-state index < -0.39 is 0 Å². The quantitative estimate of drug-likeness (QED) is 0.704. The summed E-state index contributed by atoms with van der Waals surface area (Å²) in [5.41, 5.74) is 1.22. The molecule has 0 radical (unpaired) electrons. The summed E-state index contributed by atoms with van der Waals surface area (Å²) in [4.78, 5) is 0. The summed E-state index contributed by atoms with van der Waals surface area (Å²) in [6, 6.07) is 2.61. The third-order valence-electron chi connectivity index (χ3n) is 2.99. The van der Waals surface area contributed by atoms with Gasteiger partial charge < -0.3 is 5.32 Å². The summed E-state index contributed by atoms with van der Waals surface area (Å²) in [6.07, 6.45) is 5.62. The van der Waals surface area contributed by atoms with Crippen LogP contribution in [0.4, 0.5) is 0 Å². The highest BCUT2D eigenvalue weighted by atomic mass is 15.3. The van der Waals surface area contributed by atoms with Crippen molar-refractivity contribution in [2.75, 3.05) is 13.1 Å². The van der Waals surface area contributed by atoms with E-state index in [1.165, 1.54) is 18.5 Å².